The van der Waals surface area contributed by atoms with Gasteiger partial charge in [0.2, 0.25) is 0 Å². The molecule has 0 saturated carbocycles. The van der Waals surface area contributed by atoms with Crippen LogP contribution in [0.2, 0.25) is 0 Å². The molecule has 0 radical (unpaired) electrons. The summed E-state index contributed by atoms with van der Waals surface area (Å²) in [4.78, 5) is 2.46. The smallest absolute Gasteiger partial charge is 0.0699 e. The molecule has 100 valence electrons. The maximum absolute atomic E-state index is 6.56. The molecule has 0 amide bonds. The average Bonchev–Trinajstić information content (AvgIpc) is 2.28. The maximum atomic E-state index is 6.56. The minimum atomic E-state index is -0.220. The SMILES string of the molecule is Cc1cccc(CC(C)(N)N2CCCC(C)C2)c1. The Balaban J connectivity index is 2.06. The largest absolute Gasteiger partial charge is 0.313 e. The first kappa shape index (κ1) is 13.6. The van der Waals surface area contributed by atoms with E-state index in [0.29, 0.717) is 0 Å². The Bertz CT molecular complexity index is 398. The number of benzene rings is 1. The third-order valence-corrected chi connectivity index (χ3v) is 4.02. The van der Waals surface area contributed by atoms with Crippen molar-refractivity contribution < 1.29 is 0 Å². The van der Waals surface area contributed by atoms with Crippen LogP contribution in [0.5, 0.6) is 0 Å². The van der Waals surface area contributed by atoms with E-state index >= 15 is 0 Å². The van der Waals surface area contributed by atoms with Crippen molar-refractivity contribution in [2.24, 2.45) is 11.7 Å². The summed E-state index contributed by atoms with van der Waals surface area (Å²) in [5, 5.41) is 0. The van der Waals surface area contributed by atoms with E-state index < -0.39 is 0 Å². The maximum Gasteiger partial charge on any atom is 0.0699 e. The quantitative estimate of drug-likeness (QED) is 0.888. The van der Waals surface area contributed by atoms with Gasteiger partial charge in [0.15, 0.2) is 0 Å². The molecule has 0 aromatic heterocycles. The minimum absolute atomic E-state index is 0.220. The number of rotatable bonds is 3. The van der Waals surface area contributed by atoms with Gasteiger partial charge in [-0.25, -0.2) is 0 Å². The molecule has 2 unspecified atom stereocenters. The topological polar surface area (TPSA) is 29.3 Å². The van der Waals surface area contributed by atoms with Crippen LogP contribution in [0, 0.1) is 12.8 Å². The molecule has 2 atom stereocenters. The average molecular weight is 246 g/mol. The number of hydrogen-bond donors (Lipinski definition) is 1. The van der Waals surface area contributed by atoms with Crippen LogP contribution in [-0.4, -0.2) is 23.7 Å². The van der Waals surface area contributed by atoms with Crippen molar-refractivity contribution in [2.45, 2.75) is 45.7 Å². The highest BCUT2D eigenvalue weighted by Gasteiger charge is 2.30. The molecule has 0 aliphatic carbocycles. The molecule has 2 rings (SSSR count). The van der Waals surface area contributed by atoms with Gasteiger partial charge in [-0.05, 0) is 44.7 Å². The summed E-state index contributed by atoms with van der Waals surface area (Å²) in [5.41, 5.74) is 9.00. The number of nitrogens with two attached hydrogens (primary N) is 1. The fourth-order valence-corrected chi connectivity index (χ4v) is 3.00. The second kappa shape index (κ2) is 5.41. The van der Waals surface area contributed by atoms with Gasteiger partial charge in [-0.1, -0.05) is 36.8 Å². The van der Waals surface area contributed by atoms with Gasteiger partial charge in [0, 0.05) is 13.0 Å². The summed E-state index contributed by atoms with van der Waals surface area (Å²) >= 11 is 0. The Morgan fingerprint density at radius 1 is 1.44 bits per heavy atom. The molecule has 1 fully saturated rings. The second-order valence-corrected chi connectivity index (χ2v) is 6.22. The zero-order valence-corrected chi connectivity index (χ0v) is 11.9. The highest BCUT2D eigenvalue weighted by Crippen LogP contribution is 2.23. The second-order valence-electron chi connectivity index (χ2n) is 6.22. The van der Waals surface area contributed by atoms with Crippen LogP contribution in [0.3, 0.4) is 0 Å². The third-order valence-electron chi connectivity index (χ3n) is 4.02. The predicted molar refractivity (Wildman–Crippen MR) is 77.4 cm³/mol. The van der Waals surface area contributed by atoms with E-state index in [1.807, 2.05) is 0 Å². The van der Waals surface area contributed by atoms with Crippen LogP contribution >= 0.6 is 0 Å². The molecule has 1 saturated heterocycles. The standard InChI is InChI=1S/C16H26N2/c1-13-6-4-8-15(10-13)11-16(3,17)18-9-5-7-14(2)12-18/h4,6,8,10,14H,5,7,9,11-12,17H2,1-3H3. The fraction of sp³-hybridized carbons (Fsp3) is 0.625. The predicted octanol–water partition coefficient (Wildman–Crippen LogP) is 2.94. The number of likely N-dealkylation sites (tertiary alicyclic amines) is 1. The van der Waals surface area contributed by atoms with Crippen molar-refractivity contribution in [3.8, 4) is 0 Å². The van der Waals surface area contributed by atoms with Crippen molar-refractivity contribution >= 4 is 0 Å². The zero-order chi connectivity index (χ0) is 13.2. The van der Waals surface area contributed by atoms with Gasteiger partial charge < -0.3 is 5.73 Å². The first-order valence-electron chi connectivity index (χ1n) is 7.07. The highest BCUT2D eigenvalue weighted by atomic mass is 15.3. The monoisotopic (exact) mass is 246 g/mol. The summed E-state index contributed by atoms with van der Waals surface area (Å²) in [7, 11) is 0. The molecule has 1 heterocycles. The molecule has 1 aromatic carbocycles. The van der Waals surface area contributed by atoms with Crippen LogP contribution in [0.4, 0.5) is 0 Å². The highest BCUT2D eigenvalue weighted by molar-refractivity contribution is 5.23. The van der Waals surface area contributed by atoms with Gasteiger partial charge in [-0.3, -0.25) is 4.90 Å². The van der Waals surface area contributed by atoms with E-state index in [-0.39, 0.29) is 5.66 Å². The molecule has 1 aliphatic rings. The van der Waals surface area contributed by atoms with Crippen LogP contribution in [0.15, 0.2) is 24.3 Å². The van der Waals surface area contributed by atoms with Gasteiger partial charge in [0.05, 0.1) is 5.66 Å². The lowest BCUT2D eigenvalue weighted by Crippen LogP contribution is -2.58. The van der Waals surface area contributed by atoms with E-state index in [2.05, 4.69) is 49.9 Å². The van der Waals surface area contributed by atoms with Gasteiger partial charge in [-0.15, -0.1) is 0 Å². The van der Waals surface area contributed by atoms with E-state index in [9.17, 15) is 0 Å². The van der Waals surface area contributed by atoms with E-state index in [0.717, 1.165) is 25.4 Å². The fourth-order valence-electron chi connectivity index (χ4n) is 3.00. The lowest BCUT2D eigenvalue weighted by Gasteiger charge is -2.43. The van der Waals surface area contributed by atoms with E-state index in [1.54, 1.807) is 0 Å². The summed E-state index contributed by atoms with van der Waals surface area (Å²) in [6, 6.07) is 8.70. The Hall–Kier alpha value is -0.860. The van der Waals surface area contributed by atoms with Crippen molar-refractivity contribution in [3.05, 3.63) is 35.4 Å². The van der Waals surface area contributed by atoms with Gasteiger partial charge >= 0.3 is 0 Å². The first-order valence-corrected chi connectivity index (χ1v) is 7.07. The molecular formula is C16H26N2. The van der Waals surface area contributed by atoms with Crippen LogP contribution in [0.25, 0.3) is 0 Å². The molecule has 2 nitrogen and oxygen atoms in total. The van der Waals surface area contributed by atoms with Crippen molar-refractivity contribution in [1.29, 1.82) is 0 Å². The molecule has 0 bridgehead atoms. The first-order chi connectivity index (χ1) is 8.47. The summed E-state index contributed by atoms with van der Waals surface area (Å²) in [6.45, 7) is 8.92. The van der Waals surface area contributed by atoms with Gasteiger partial charge in [0.25, 0.3) is 0 Å². The number of piperidine rings is 1. The Morgan fingerprint density at radius 3 is 2.89 bits per heavy atom. The van der Waals surface area contributed by atoms with Gasteiger partial charge in [-0.2, -0.15) is 0 Å². The van der Waals surface area contributed by atoms with Crippen LogP contribution in [0.1, 0.15) is 37.8 Å². The van der Waals surface area contributed by atoms with E-state index in [1.165, 1.54) is 24.0 Å². The molecule has 2 heteroatoms. The molecule has 18 heavy (non-hydrogen) atoms. The summed E-state index contributed by atoms with van der Waals surface area (Å²) in [6.07, 6.45) is 3.56. The lowest BCUT2D eigenvalue weighted by molar-refractivity contribution is 0.0627. The number of aryl methyl sites for hydroxylation is 1. The Labute approximate surface area is 111 Å². The van der Waals surface area contributed by atoms with Crippen LogP contribution < -0.4 is 5.73 Å². The molecule has 1 aromatic rings. The zero-order valence-electron chi connectivity index (χ0n) is 11.9. The molecule has 1 aliphatic heterocycles. The third kappa shape index (κ3) is 3.33. The van der Waals surface area contributed by atoms with Crippen molar-refractivity contribution in [2.75, 3.05) is 13.1 Å². The molecular weight excluding hydrogens is 220 g/mol. The molecule has 2 N–H and O–H groups in total. The van der Waals surface area contributed by atoms with Crippen molar-refractivity contribution in [3.63, 3.8) is 0 Å². The summed E-state index contributed by atoms with van der Waals surface area (Å²) in [5.74, 6) is 0.777. The molecule has 0 spiro atoms. The van der Waals surface area contributed by atoms with E-state index in [4.69, 9.17) is 5.73 Å². The van der Waals surface area contributed by atoms with Crippen molar-refractivity contribution in [1.82, 2.24) is 4.90 Å². The lowest BCUT2D eigenvalue weighted by atomic mass is 9.93. The van der Waals surface area contributed by atoms with Crippen LogP contribution in [-0.2, 0) is 6.42 Å². The van der Waals surface area contributed by atoms with Gasteiger partial charge in [0.1, 0.15) is 0 Å². The minimum Gasteiger partial charge on any atom is -0.313 e. The summed E-state index contributed by atoms with van der Waals surface area (Å²) < 4.78 is 0. The normalized spacial score (nSPS) is 24.8. The Morgan fingerprint density at radius 2 is 2.22 bits per heavy atom. The Kier molecular flexibility index (Phi) is 4.08. The number of hydrogen-bond acceptors (Lipinski definition) is 2. The number of nitrogens with zero attached hydrogens (tertiary/aromatic N) is 1.